The average molecular weight is 309 g/mol. The number of ether oxygens (including phenoxy) is 1. The number of carbonyl (C=O) groups excluding carboxylic acids is 2. The second-order valence-electron chi connectivity index (χ2n) is 5.12. The van der Waals surface area contributed by atoms with Crippen molar-refractivity contribution in [2.75, 3.05) is 10.2 Å². The van der Waals surface area contributed by atoms with Crippen LogP contribution in [0.25, 0.3) is 0 Å². The van der Waals surface area contributed by atoms with Crippen LogP contribution in [0.2, 0.25) is 0 Å². The molecule has 0 fully saturated rings. The van der Waals surface area contributed by atoms with Crippen LogP contribution in [-0.4, -0.2) is 17.0 Å². The van der Waals surface area contributed by atoms with Crippen LogP contribution in [0.15, 0.2) is 61.0 Å². The Labute approximate surface area is 133 Å². The minimum absolute atomic E-state index is 0.241. The van der Waals surface area contributed by atoms with Crippen LogP contribution in [0.4, 0.5) is 16.3 Å². The zero-order chi connectivity index (χ0) is 16.4. The van der Waals surface area contributed by atoms with E-state index in [0.29, 0.717) is 17.1 Å². The van der Waals surface area contributed by atoms with Gasteiger partial charge in [0, 0.05) is 6.20 Å². The molecule has 6 heteroatoms. The van der Waals surface area contributed by atoms with Crippen molar-refractivity contribution >= 4 is 23.5 Å². The third kappa shape index (κ3) is 2.78. The summed E-state index contributed by atoms with van der Waals surface area (Å²) in [6.07, 6.45) is 0.862. The topological polar surface area (TPSA) is 71.5 Å². The molecular formula is C17H15N3O3. The lowest BCUT2D eigenvalue weighted by atomic mass is 10.0. The van der Waals surface area contributed by atoms with E-state index in [1.54, 1.807) is 49.5 Å². The highest BCUT2D eigenvalue weighted by atomic mass is 16.6. The molecule has 1 aliphatic rings. The number of hydrogen-bond donors (Lipinski definition) is 1. The Morgan fingerprint density at radius 2 is 2.00 bits per heavy atom. The molecule has 1 aliphatic heterocycles. The number of pyridine rings is 1. The fraction of sp³-hybridized carbons (Fsp3) is 0.118. The van der Waals surface area contributed by atoms with Gasteiger partial charge in [-0.3, -0.25) is 4.79 Å². The van der Waals surface area contributed by atoms with Gasteiger partial charge in [-0.1, -0.05) is 36.9 Å². The molecule has 6 nitrogen and oxygen atoms in total. The van der Waals surface area contributed by atoms with Crippen molar-refractivity contribution in [1.29, 1.82) is 0 Å². The number of fused-ring (bicyclic) bond motifs is 1. The molecule has 2 heterocycles. The molecule has 1 aromatic heterocycles. The molecule has 0 radical (unpaired) electrons. The van der Waals surface area contributed by atoms with E-state index >= 15 is 0 Å². The fourth-order valence-corrected chi connectivity index (χ4v) is 2.45. The van der Waals surface area contributed by atoms with E-state index in [4.69, 9.17) is 4.74 Å². The van der Waals surface area contributed by atoms with Crippen LogP contribution >= 0.6 is 0 Å². The van der Waals surface area contributed by atoms with E-state index in [2.05, 4.69) is 16.9 Å². The van der Waals surface area contributed by atoms with Crippen LogP contribution in [0.3, 0.4) is 0 Å². The second kappa shape index (κ2) is 5.92. The van der Waals surface area contributed by atoms with Gasteiger partial charge in [0.25, 0.3) is 5.91 Å². The minimum atomic E-state index is -0.856. The first-order valence-electron chi connectivity index (χ1n) is 7.05. The third-order valence-electron chi connectivity index (χ3n) is 3.35. The molecular weight excluding hydrogens is 294 g/mol. The second-order valence-corrected chi connectivity index (χ2v) is 5.12. The normalized spacial score (nSPS) is 16.3. The van der Waals surface area contributed by atoms with E-state index < -0.39 is 12.1 Å². The molecule has 1 unspecified atom stereocenters. The quantitative estimate of drug-likeness (QED) is 0.864. The lowest BCUT2D eigenvalue weighted by molar-refractivity contribution is -0.117. The first-order valence-corrected chi connectivity index (χ1v) is 7.05. The van der Waals surface area contributed by atoms with Crippen LogP contribution in [-0.2, 0) is 9.53 Å². The van der Waals surface area contributed by atoms with Crippen molar-refractivity contribution in [3.05, 3.63) is 66.6 Å². The van der Waals surface area contributed by atoms with E-state index in [1.165, 1.54) is 4.90 Å². The number of benzene rings is 1. The van der Waals surface area contributed by atoms with Gasteiger partial charge in [0.15, 0.2) is 5.82 Å². The van der Waals surface area contributed by atoms with Crippen LogP contribution < -0.4 is 10.2 Å². The third-order valence-corrected chi connectivity index (χ3v) is 3.35. The average Bonchev–Trinajstić information content (AvgIpc) is 2.53. The molecule has 1 N–H and O–H groups in total. The van der Waals surface area contributed by atoms with Crippen molar-refractivity contribution in [2.45, 2.75) is 13.0 Å². The molecule has 0 saturated carbocycles. The number of hydrogen-bond acceptors (Lipinski definition) is 4. The summed E-state index contributed by atoms with van der Waals surface area (Å²) in [6.45, 7) is 5.14. The van der Waals surface area contributed by atoms with Gasteiger partial charge < -0.3 is 10.1 Å². The number of aromatic nitrogens is 1. The van der Waals surface area contributed by atoms with E-state index in [1.807, 2.05) is 6.07 Å². The molecule has 116 valence electrons. The SMILES string of the molecule is C=C(C)OC(=O)N1c2ncccc2NC(=O)C1c1ccccc1. The molecule has 1 atom stereocenters. The molecule has 0 bridgehead atoms. The van der Waals surface area contributed by atoms with Crippen molar-refractivity contribution < 1.29 is 14.3 Å². The standard InChI is InChI=1S/C17H15N3O3/c1-11(2)23-17(22)20-14(12-7-4-3-5-8-12)16(21)19-13-9-6-10-18-15(13)20/h3-10,14H,1H2,2H3,(H,19,21). The van der Waals surface area contributed by atoms with Gasteiger partial charge in [0.1, 0.15) is 6.04 Å². The summed E-state index contributed by atoms with van der Waals surface area (Å²) in [4.78, 5) is 30.5. The zero-order valence-electron chi connectivity index (χ0n) is 12.5. The van der Waals surface area contributed by atoms with Crippen molar-refractivity contribution in [3.8, 4) is 0 Å². The van der Waals surface area contributed by atoms with E-state index in [-0.39, 0.29) is 11.7 Å². The number of allylic oxidation sites excluding steroid dienone is 1. The number of carbonyl (C=O) groups is 2. The van der Waals surface area contributed by atoms with Gasteiger partial charge in [-0.05, 0) is 24.6 Å². The number of nitrogens with one attached hydrogen (secondary N) is 1. The number of nitrogens with zero attached hydrogens (tertiary/aromatic N) is 2. The summed E-state index contributed by atoms with van der Waals surface area (Å²) in [7, 11) is 0. The Kier molecular flexibility index (Phi) is 3.80. The smallest absolute Gasteiger partial charge is 0.415 e. The monoisotopic (exact) mass is 309 g/mol. The van der Waals surface area contributed by atoms with E-state index in [0.717, 1.165) is 0 Å². The van der Waals surface area contributed by atoms with Gasteiger partial charge in [0.2, 0.25) is 0 Å². The predicted octanol–water partition coefficient (Wildman–Crippen LogP) is 3.25. The van der Waals surface area contributed by atoms with Gasteiger partial charge >= 0.3 is 6.09 Å². The van der Waals surface area contributed by atoms with Gasteiger partial charge in [0.05, 0.1) is 11.4 Å². The first-order chi connectivity index (χ1) is 11.1. The van der Waals surface area contributed by atoms with Crippen LogP contribution in [0.1, 0.15) is 18.5 Å². The molecule has 1 aromatic carbocycles. The molecule has 0 saturated heterocycles. The minimum Gasteiger partial charge on any atom is -0.415 e. The number of amides is 2. The van der Waals surface area contributed by atoms with Gasteiger partial charge in [-0.15, -0.1) is 0 Å². The van der Waals surface area contributed by atoms with Crippen LogP contribution in [0, 0.1) is 0 Å². The highest BCUT2D eigenvalue weighted by Crippen LogP contribution is 2.37. The summed E-state index contributed by atoms with van der Waals surface area (Å²) in [5.41, 5.74) is 1.13. The van der Waals surface area contributed by atoms with Crippen molar-refractivity contribution in [3.63, 3.8) is 0 Å². The Hall–Kier alpha value is -3.15. The maximum absolute atomic E-state index is 12.5. The van der Waals surface area contributed by atoms with Gasteiger partial charge in [-0.25, -0.2) is 14.7 Å². The maximum Gasteiger partial charge on any atom is 0.421 e. The summed E-state index contributed by atoms with van der Waals surface area (Å²) in [5.74, 6) is 0.257. The maximum atomic E-state index is 12.5. The van der Waals surface area contributed by atoms with Crippen LogP contribution in [0.5, 0.6) is 0 Å². The summed E-state index contributed by atoms with van der Waals surface area (Å²) >= 11 is 0. The number of anilines is 2. The largest absolute Gasteiger partial charge is 0.421 e. The Balaban J connectivity index is 2.11. The lowest BCUT2D eigenvalue weighted by Gasteiger charge is -2.34. The fourth-order valence-electron chi connectivity index (χ4n) is 2.45. The molecule has 0 spiro atoms. The summed E-state index contributed by atoms with van der Waals surface area (Å²) in [6, 6.07) is 11.5. The Morgan fingerprint density at radius 1 is 1.26 bits per heavy atom. The van der Waals surface area contributed by atoms with E-state index in [9.17, 15) is 9.59 Å². The highest BCUT2D eigenvalue weighted by molar-refractivity contribution is 6.09. The first kappa shape index (κ1) is 14.8. The molecule has 3 rings (SSSR count). The zero-order valence-corrected chi connectivity index (χ0v) is 12.5. The molecule has 23 heavy (non-hydrogen) atoms. The van der Waals surface area contributed by atoms with Crippen molar-refractivity contribution in [2.24, 2.45) is 0 Å². The lowest BCUT2D eigenvalue weighted by Crippen LogP contribution is -2.45. The van der Waals surface area contributed by atoms with Gasteiger partial charge in [-0.2, -0.15) is 0 Å². The number of rotatable bonds is 2. The Bertz CT molecular complexity index is 774. The molecule has 2 amide bonds. The predicted molar refractivity (Wildman–Crippen MR) is 85.8 cm³/mol. The molecule has 2 aromatic rings. The summed E-state index contributed by atoms with van der Waals surface area (Å²) in [5, 5.41) is 2.77. The highest BCUT2D eigenvalue weighted by Gasteiger charge is 2.40. The molecule has 0 aliphatic carbocycles. The summed E-state index contributed by atoms with van der Waals surface area (Å²) < 4.78 is 5.12. The van der Waals surface area contributed by atoms with Crippen molar-refractivity contribution in [1.82, 2.24) is 4.98 Å². The Morgan fingerprint density at radius 3 is 2.70 bits per heavy atom.